The Morgan fingerprint density at radius 3 is 2.33 bits per heavy atom. The van der Waals surface area contributed by atoms with Crippen LogP contribution in [-0.4, -0.2) is 53.9 Å². The first kappa shape index (κ1) is 23.1. The van der Waals surface area contributed by atoms with Crippen molar-refractivity contribution in [3.8, 4) is 0 Å². The highest BCUT2D eigenvalue weighted by Crippen LogP contribution is 2.33. The van der Waals surface area contributed by atoms with Crippen LogP contribution in [0.25, 0.3) is 6.08 Å². The van der Waals surface area contributed by atoms with Gasteiger partial charge in [0.15, 0.2) is 0 Å². The van der Waals surface area contributed by atoms with Gasteiger partial charge in [0.05, 0.1) is 10.6 Å². The van der Waals surface area contributed by atoms with Crippen LogP contribution in [0.3, 0.4) is 0 Å². The molecule has 1 saturated carbocycles. The largest absolute Gasteiger partial charge is 0.417 e. The van der Waals surface area contributed by atoms with E-state index in [-0.39, 0.29) is 22.7 Å². The molecule has 0 bridgehead atoms. The third-order valence-electron chi connectivity index (χ3n) is 5.54. The van der Waals surface area contributed by atoms with Crippen molar-refractivity contribution in [3.05, 3.63) is 64.3 Å². The lowest BCUT2D eigenvalue weighted by atomic mass is 10.1. The maximum Gasteiger partial charge on any atom is 0.417 e. The number of amides is 2. The second kappa shape index (κ2) is 9.43. The van der Waals surface area contributed by atoms with E-state index in [0.717, 1.165) is 30.7 Å². The molecule has 1 aliphatic heterocycles. The molecule has 1 saturated heterocycles. The fraction of sp³-hybridized carbons (Fsp3) is 0.348. The lowest BCUT2D eigenvalue weighted by Crippen LogP contribution is -2.48. The van der Waals surface area contributed by atoms with Crippen molar-refractivity contribution in [2.75, 3.05) is 31.1 Å². The lowest BCUT2D eigenvalue weighted by molar-refractivity contribution is -0.137. The first-order chi connectivity index (χ1) is 15.7. The summed E-state index contributed by atoms with van der Waals surface area (Å²) in [6.07, 6.45) is 1.47. The summed E-state index contributed by atoms with van der Waals surface area (Å²) in [6.45, 7) is 1.59. The Kier molecular flexibility index (Phi) is 6.60. The predicted octanol–water partition coefficient (Wildman–Crippen LogP) is 4.01. The monoisotopic (exact) mass is 478 g/mol. The number of rotatable bonds is 5. The van der Waals surface area contributed by atoms with Crippen LogP contribution in [-0.2, 0) is 11.0 Å². The lowest BCUT2D eigenvalue weighted by Gasteiger charge is -2.35. The molecule has 0 atom stereocenters. The topological polar surface area (TPSA) is 65.5 Å². The van der Waals surface area contributed by atoms with Gasteiger partial charge in [-0.1, -0.05) is 23.7 Å². The van der Waals surface area contributed by atoms with E-state index in [9.17, 15) is 22.8 Å². The number of hydrogen-bond acceptors (Lipinski definition) is 4. The van der Waals surface area contributed by atoms with Crippen molar-refractivity contribution in [2.45, 2.75) is 25.1 Å². The molecule has 33 heavy (non-hydrogen) atoms. The normalized spacial score (nSPS) is 16.8. The van der Waals surface area contributed by atoms with Crippen LogP contribution in [0.4, 0.5) is 19.0 Å². The van der Waals surface area contributed by atoms with Gasteiger partial charge in [-0.3, -0.25) is 9.59 Å². The number of benzene rings is 1. The zero-order chi connectivity index (χ0) is 23.6. The standard InChI is InChI=1S/C23H22ClF3N4O2/c24-19-13-17(23(25,26)27)14-28-21(19)31-11-9-30(10-12-31)20(32)8-3-15-1-4-16(5-2-15)22(33)29-18-6-7-18/h1-5,8,13-14,18H,6-7,9-12H2,(H,29,33)/b8-3+. The number of nitrogens with one attached hydrogen (secondary N) is 1. The molecule has 1 aromatic heterocycles. The first-order valence-corrected chi connectivity index (χ1v) is 10.9. The number of piperazine rings is 1. The molecular formula is C23H22ClF3N4O2. The van der Waals surface area contributed by atoms with Crippen LogP contribution in [0.15, 0.2) is 42.6 Å². The molecule has 1 N–H and O–H groups in total. The number of carbonyl (C=O) groups is 2. The molecule has 4 rings (SSSR count). The molecule has 0 radical (unpaired) electrons. The van der Waals surface area contributed by atoms with Gasteiger partial charge in [0.1, 0.15) is 5.82 Å². The van der Waals surface area contributed by atoms with E-state index in [0.29, 0.717) is 37.8 Å². The van der Waals surface area contributed by atoms with E-state index in [4.69, 9.17) is 11.6 Å². The van der Waals surface area contributed by atoms with Gasteiger partial charge in [-0.15, -0.1) is 0 Å². The van der Waals surface area contributed by atoms with E-state index in [1.807, 2.05) is 0 Å². The Hall–Kier alpha value is -3.07. The van der Waals surface area contributed by atoms with Gasteiger partial charge in [0, 0.05) is 50.1 Å². The molecule has 0 unspecified atom stereocenters. The molecule has 2 aromatic rings. The molecule has 1 aliphatic carbocycles. The minimum absolute atomic E-state index is 0.0706. The Bertz CT molecular complexity index is 1060. The summed E-state index contributed by atoms with van der Waals surface area (Å²) in [7, 11) is 0. The van der Waals surface area contributed by atoms with Crippen molar-refractivity contribution in [1.82, 2.24) is 15.2 Å². The maximum absolute atomic E-state index is 12.8. The average molecular weight is 479 g/mol. The summed E-state index contributed by atoms with van der Waals surface area (Å²) in [5, 5.41) is 2.86. The molecule has 2 aliphatic rings. The first-order valence-electron chi connectivity index (χ1n) is 10.6. The van der Waals surface area contributed by atoms with Gasteiger partial charge in [-0.25, -0.2) is 4.98 Å². The zero-order valence-electron chi connectivity index (χ0n) is 17.6. The SMILES string of the molecule is O=C(NC1CC1)c1ccc(/C=C/C(=O)N2CCN(c3ncc(C(F)(F)F)cc3Cl)CC2)cc1. The molecular weight excluding hydrogens is 457 g/mol. The number of alkyl halides is 3. The highest BCUT2D eigenvalue weighted by atomic mass is 35.5. The van der Waals surface area contributed by atoms with Crippen molar-refractivity contribution in [2.24, 2.45) is 0 Å². The number of nitrogens with zero attached hydrogens (tertiary/aromatic N) is 3. The highest BCUT2D eigenvalue weighted by Gasteiger charge is 2.32. The predicted molar refractivity (Wildman–Crippen MR) is 119 cm³/mol. The van der Waals surface area contributed by atoms with E-state index in [1.54, 1.807) is 40.1 Å². The van der Waals surface area contributed by atoms with Gasteiger partial charge >= 0.3 is 6.18 Å². The Balaban J connectivity index is 1.30. The summed E-state index contributed by atoms with van der Waals surface area (Å²) >= 11 is 6.02. The summed E-state index contributed by atoms with van der Waals surface area (Å²) < 4.78 is 38.4. The van der Waals surface area contributed by atoms with Crippen LogP contribution < -0.4 is 10.2 Å². The van der Waals surface area contributed by atoms with Gasteiger partial charge < -0.3 is 15.1 Å². The van der Waals surface area contributed by atoms with Crippen LogP contribution in [0.1, 0.15) is 34.3 Å². The molecule has 174 valence electrons. The minimum atomic E-state index is -4.50. The quantitative estimate of drug-likeness (QED) is 0.660. The Morgan fingerprint density at radius 2 is 1.76 bits per heavy atom. The molecule has 6 nitrogen and oxygen atoms in total. The fourth-order valence-electron chi connectivity index (χ4n) is 3.47. The van der Waals surface area contributed by atoms with E-state index in [2.05, 4.69) is 10.3 Å². The molecule has 10 heteroatoms. The fourth-order valence-corrected chi connectivity index (χ4v) is 3.76. The van der Waals surface area contributed by atoms with Crippen molar-refractivity contribution >= 4 is 35.3 Å². The second-order valence-corrected chi connectivity index (χ2v) is 8.45. The average Bonchev–Trinajstić information content (AvgIpc) is 3.61. The van der Waals surface area contributed by atoms with E-state index < -0.39 is 11.7 Å². The van der Waals surface area contributed by atoms with Crippen LogP contribution >= 0.6 is 11.6 Å². The molecule has 2 fully saturated rings. The van der Waals surface area contributed by atoms with Crippen molar-refractivity contribution in [3.63, 3.8) is 0 Å². The third-order valence-corrected chi connectivity index (χ3v) is 5.82. The zero-order valence-corrected chi connectivity index (χ0v) is 18.4. The smallest absolute Gasteiger partial charge is 0.352 e. The molecule has 2 amide bonds. The third kappa shape index (κ3) is 5.84. The maximum atomic E-state index is 12.8. The minimum Gasteiger partial charge on any atom is -0.352 e. The number of halogens is 4. The summed E-state index contributed by atoms with van der Waals surface area (Å²) in [6, 6.07) is 8.17. The van der Waals surface area contributed by atoms with E-state index >= 15 is 0 Å². The Morgan fingerprint density at radius 1 is 1.09 bits per heavy atom. The van der Waals surface area contributed by atoms with Gasteiger partial charge in [0.25, 0.3) is 5.91 Å². The number of hydrogen-bond donors (Lipinski definition) is 1. The van der Waals surface area contributed by atoms with Crippen molar-refractivity contribution < 1.29 is 22.8 Å². The summed E-state index contributed by atoms with van der Waals surface area (Å²) in [5.74, 6) is 0.0133. The van der Waals surface area contributed by atoms with Crippen LogP contribution in [0.5, 0.6) is 0 Å². The molecule has 2 heterocycles. The summed E-state index contributed by atoms with van der Waals surface area (Å²) in [5.41, 5.74) is 0.481. The second-order valence-electron chi connectivity index (χ2n) is 8.04. The van der Waals surface area contributed by atoms with Gasteiger partial charge in [-0.05, 0) is 42.7 Å². The Labute approximate surface area is 194 Å². The molecule has 0 spiro atoms. The number of carbonyl (C=O) groups excluding carboxylic acids is 2. The summed E-state index contributed by atoms with van der Waals surface area (Å²) in [4.78, 5) is 31.9. The van der Waals surface area contributed by atoms with Crippen molar-refractivity contribution in [1.29, 1.82) is 0 Å². The number of anilines is 1. The van der Waals surface area contributed by atoms with Gasteiger partial charge in [0.2, 0.25) is 5.91 Å². The van der Waals surface area contributed by atoms with Crippen LogP contribution in [0, 0.1) is 0 Å². The highest BCUT2D eigenvalue weighted by molar-refractivity contribution is 6.33. The van der Waals surface area contributed by atoms with Gasteiger partial charge in [-0.2, -0.15) is 13.2 Å². The molecule has 1 aromatic carbocycles. The van der Waals surface area contributed by atoms with E-state index in [1.165, 1.54) is 6.08 Å². The number of pyridine rings is 1. The van der Waals surface area contributed by atoms with Crippen LogP contribution in [0.2, 0.25) is 5.02 Å². The number of aromatic nitrogens is 1.